The van der Waals surface area contributed by atoms with Gasteiger partial charge in [0.05, 0.1) is 13.7 Å². The number of pyridine rings is 1. The van der Waals surface area contributed by atoms with Crippen molar-refractivity contribution in [3.05, 3.63) is 58.1 Å². The largest absolute Gasteiger partial charge is 0.453 e. The molecule has 2 heterocycles. The average molecular weight is 500 g/mol. The number of hydrogen-bond donors (Lipinski definition) is 2. The van der Waals surface area contributed by atoms with Crippen LogP contribution in [-0.4, -0.2) is 54.3 Å². The lowest BCUT2D eigenvalue weighted by molar-refractivity contribution is -0.00970. The highest BCUT2D eigenvalue weighted by Crippen LogP contribution is 2.40. The number of benzene rings is 1. The van der Waals surface area contributed by atoms with Gasteiger partial charge in [-0.2, -0.15) is 0 Å². The van der Waals surface area contributed by atoms with E-state index in [9.17, 15) is 22.8 Å². The number of amides is 2. The highest BCUT2D eigenvalue weighted by atomic mass is 79.9. The molecule has 2 atom stereocenters. The summed E-state index contributed by atoms with van der Waals surface area (Å²) in [5.74, 6) is -1.66. The zero-order valence-corrected chi connectivity index (χ0v) is 17.6. The van der Waals surface area contributed by atoms with Crippen LogP contribution < -0.4 is 11.1 Å². The Bertz CT molecular complexity index is 1020. The van der Waals surface area contributed by atoms with E-state index < -0.39 is 41.5 Å². The predicted molar refractivity (Wildman–Crippen MR) is 110 cm³/mol. The minimum atomic E-state index is -3.28. The summed E-state index contributed by atoms with van der Waals surface area (Å²) >= 11 is 3.20. The zero-order valence-electron chi connectivity index (χ0n) is 16.1. The van der Waals surface area contributed by atoms with Crippen LogP contribution in [0.25, 0.3) is 0 Å². The predicted octanol–water partition coefficient (Wildman–Crippen LogP) is 3.13. The molecule has 164 valence electrons. The normalized spacial score (nSPS) is 20.6. The molecule has 1 aliphatic rings. The number of nitrogens with one attached hydrogen (secondary N) is 1. The van der Waals surface area contributed by atoms with E-state index in [0.29, 0.717) is 4.47 Å². The number of aliphatic imine (C=N–C) groups is 1. The quantitative estimate of drug-likeness (QED) is 0.671. The molecule has 1 aliphatic heterocycles. The van der Waals surface area contributed by atoms with Crippen LogP contribution in [0.3, 0.4) is 0 Å². The van der Waals surface area contributed by atoms with Crippen LogP contribution in [0.15, 0.2) is 46.0 Å². The number of carbonyl (C=O) groups is 2. The van der Waals surface area contributed by atoms with Crippen LogP contribution in [-0.2, 0) is 10.3 Å². The Hall–Kier alpha value is -2.99. The summed E-state index contributed by atoms with van der Waals surface area (Å²) in [5, 5.41) is 2.47. The van der Waals surface area contributed by atoms with E-state index in [1.54, 1.807) is 6.07 Å². The van der Waals surface area contributed by atoms with Gasteiger partial charge in [-0.15, -0.1) is 0 Å². The minimum absolute atomic E-state index is 0.0173. The monoisotopic (exact) mass is 499 g/mol. The Morgan fingerprint density at radius 2 is 2.10 bits per heavy atom. The molecule has 0 spiro atoms. The van der Waals surface area contributed by atoms with Crippen LogP contribution in [0.2, 0.25) is 0 Å². The SMILES string of the molecule is COC(=O)N1CC=NC(c2cc(NC(=O)c3ccc(Br)cn3)ccc2F)(C(F)F)C1N. The maximum atomic E-state index is 14.7. The van der Waals surface area contributed by atoms with Crippen LogP contribution >= 0.6 is 15.9 Å². The van der Waals surface area contributed by atoms with Crippen LogP contribution in [0.5, 0.6) is 0 Å². The number of aromatic nitrogens is 1. The number of nitrogens with zero attached hydrogens (tertiary/aromatic N) is 3. The number of hydrogen-bond acceptors (Lipinski definition) is 6. The first-order valence-corrected chi connectivity index (χ1v) is 9.65. The molecule has 3 N–H and O–H groups in total. The van der Waals surface area contributed by atoms with Crippen LogP contribution in [0.4, 0.5) is 23.7 Å². The molecule has 31 heavy (non-hydrogen) atoms. The van der Waals surface area contributed by atoms with Gasteiger partial charge in [0, 0.05) is 28.1 Å². The summed E-state index contributed by atoms with van der Waals surface area (Å²) in [4.78, 5) is 32.9. The summed E-state index contributed by atoms with van der Waals surface area (Å²) in [6.07, 6.45) is -3.51. The van der Waals surface area contributed by atoms with Crippen molar-refractivity contribution in [1.82, 2.24) is 9.88 Å². The van der Waals surface area contributed by atoms with Crippen molar-refractivity contribution < 1.29 is 27.5 Å². The minimum Gasteiger partial charge on any atom is -0.453 e. The maximum Gasteiger partial charge on any atom is 0.411 e. The van der Waals surface area contributed by atoms with Crippen molar-refractivity contribution in [3.8, 4) is 0 Å². The molecule has 8 nitrogen and oxygen atoms in total. The van der Waals surface area contributed by atoms with Crippen molar-refractivity contribution in [2.24, 2.45) is 10.7 Å². The van der Waals surface area contributed by atoms with E-state index in [1.165, 1.54) is 18.3 Å². The summed E-state index contributed by atoms with van der Waals surface area (Å²) in [6, 6.07) is 6.16. The fourth-order valence-corrected chi connectivity index (χ4v) is 3.39. The van der Waals surface area contributed by atoms with E-state index >= 15 is 0 Å². The van der Waals surface area contributed by atoms with E-state index in [2.05, 4.69) is 36.0 Å². The second-order valence-corrected chi connectivity index (χ2v) is 7.43. The molecular formula is C19H17BrF3N5O3. The second-order valence-electron chi connectivity index (χ2n) is 6.52. The Balaban J connectivity index is 2.01. The Morgan fingerprint density at radius 1 is 1.35 bits per heavy atom. The molecule has 0 aliphatic carbocycles. The van der Waals surface area contributed by atoms with Gasteiger partial charge in [0.25, 0.3) is 12.3 Å². The van der Waals surface area contributed by atoms with Gasteiger partial charge in [-0.25, -0.2) is 22.9 Å². The fourth-order valence-electron chi connectivity index (χ4n) is 3.16. The van der Waals surface area contributed by atoms with Crippen molar-refractivity contribution in [3.63, 3.8) is 0 Å². The number of nitrogens with two attached hydrogens (primary N) is 1. The van der Waals surface area contributed by atoms with Crippen molar-refractivity contribution in [2.75, 3.05) is 19.0 Å². The summed E-state index contributed by atoms with van der Waals surface area (Å²) in [6.45, 7) is -0.185. The lowest BCUT2D eigenvalue weighted by Crippen LogP contribution is -2.63. The van der Waals surface area contributed by atoms with Gasteiger partial charge in [0.15, 0.2) is 5.54 Å². The van der Waals surface area contributed by atoms with E-state index in [4.69, 9.17) is 5.73 Å². The Morgan fingerprint density at radius 3 is 2.71 bits per heavy atom. The molecule has 0 fully saturated rings. The van der Waals surface area contributed by atoms with Crippen molar-refractivity contribution in [1.29, 1.82) is 0 Å². The molecule has 2 unspecified atom stereocenters. The third kappa shape index (κ3) is 4.26. The Kier molecular flexibility index (Phi) is 6.60. The molecule has 0 radical (unpaired) electrons. The lowest BCUT2D eigenvalue weighted by Gasteiger charge is -2.43. The smallest absolute Gasteiger partial charge is 0.411 e. The first-order chi connectivity index (χ1) is 14.7. The summed E-state index contributed by atoms with van der Waals surface area (Å²) in [5.41, 5.74) is 2.84. The van der Waals surface area contributed by atoms with Crippen molar-refractivity contribution in [2.45, 2.75) is 18.1 Å². The van der Waals surface area contributed by atoms with Gasteiger partial charge in [0.2, 0.25) is 0 Å². The highest BCUT2D eigenvalue weighted by Gasteiger charge is 2.53. The van der Waals surface area contributed by atoms with Crippen LogP contribution in [0, 0.1) is 5.82 Å². The third-order valence-electron chi connectivity index (χ3n) is 4.73. The van der Waals surface area contributed by atoms with Crippen LogP contribution in [0.1, 0.15) is 16.1 Å². The van der Waals surface area contributed by atoms with Gasteiger partial charge >= 0.3 is 6.09 Å². The molecule has 1 aromatic carbocycles. The van der Waals surface area contributed by atoms with E-state index in [-0.39, 0.29) is 17.9 Å². The van der Waals surface area contributed by atoms with Gasteiger partial charge < -0.3 is 15.8 Å². The third-order valence-corrected chi connectivity index (χ3v) is 5.20. The molecule has 0 bridgehead atoms. The highest BCUT2D eigenvalue weighted by molar-refractivity contribution is 9.10. The summed E-state index contributed by atoms with van der Waals surface area (Å²) < 4.78 is 48.5. The fraction of sp³-hybridized carbons (Fsp3) is 0.263. The molecule has 0 saturated heterocycles. The number of carbonyl (C=O) groups excluding carboxylic acids is 2. The standard InChI is InChI=1S/C19H17BrF3N5O3/c1-31-18(30)28-7-6-26-19(16(22)23,17(28)24)12-8-11(3-4-13(12)21)27-15(29)14-5-2-10(20)9-25-14/h2-6,8-9,16-17H,7,24H2,1H3,(H,27,29). The maximum absolute atomic E-state index is 14.7. The van der Waals surface area contributed by atoms with Gasteiger partial charge in [-0.3, -0.25) is 14.7 Å². The van der Waals surface area contributed by atoms with Gasteiger partial charge in [-0.05, 0) is 46.3 Å². The lowest BCUT2D eigenvalue weighted by atomic mass is 9.85. The first-order valence-electron chi connectivity index (χ1n) is 8.85. The summed E-state index contributed by atoms with van der Waals surface area (Å²) in [7, 11) is 1.07. The average Bonchev–Trinajstić information content (AvgIpc) is 2.75. The molecule has 3 rings (SSSR count). The molecule has 0 saturated carbocycles. The van der Waals surface area contributed by atoms with E-state index in [0.717, 1.165) is 30.4 Å². The van der Waals surface area contributed by atoms with Gasteiger partial charge in [-0.1, -0.05) is 0 Å². The Labute approximate surface area is 183 Å². The second kappa shape index (κ2) is 9.02. The number of halogens is 4. The van der Waals surface area contributed by atoms with Crippen molar-refractivity contribution >= 4 is 39.8 Å². The number of anilines is 1. The molecular weight excluding hydrogens is 483 g/mol. The molecule has 12 heteroatoms. The molecule has 2 amide bonds. The number of alkyl halides is 2. The van der Waals surface area contributed by atoms with E-state index in [1.807, 2.05) is 0 Å². The zero-order chi connectivity index (χ0) is 22.8. The topological polar surface area (TPSA) is 110 Å². The molecule has 1 aromatic heterocycles. The first kappa shape index (κ1) is 22.7. The molecule has 2 aromatic rings. The van der Waals surface area contributed by atoms with Gasteiger partial charge in [0.1, 0.15) is 17.7 Å². The number of methoxy groups -OCH3 is 1. The number of ether oxygens (including phenoxy) is 1. The number of rotatable bonds is 4.